The Kier molecular flexibility index (Phi) is 4.71. The van der Waals surface area contributed by atoms with Gasteiger partial charge in [0.2, 0.25) is 11.9 Å². The van der Waals surface area contributed by atoms with Gasteiger partial charge in [0.15, 0.2) is 0 Å². The third-order valence-corrected chi connectivity index (χ3v) is 6.24. The Morgan fingerprint density at radius 1 is 1.12 bits per heavy atom. The maximum absolute atomic E-state index is 12.4. The predicted molar refractivity (Wildman–Crippen MR) is 99.1 cm³/mol. The molecule has 0 unspecified atom stereocenters. The summed E-state index contributed by atoms with van der Waals surface area (Å²) in [5.41, 5.74) is 6.89. The number of amides is 1. The van der Waals surface area contributed by atoms with Crippen molar-refractivity contribution in [3.05, 3.63) is 21.6 Å². The van der Waals surface area contributed by atoms with E-state index in [0.717, 1.165) is 50.2 Å². The van der Waals surface area contributed by atoms with Crippen LogP contribution in [0.25, 0.3) is 0 Å². The number of piperidine rings is 2. The van der Waals surface area contributed by atoms with Gasteiger partial charge in [-0.2, -0.15) is 0 Å². The lowest BCUT2D eigenvalue weighted by atomic mass is 9.83. The number of H-pyrrole nitrogens is 1. The summed E-state index contributed by atoms with van der Waals surface area (Å²) in [6.45, 7) is 4.69. The number of nitrogens with one attached hydrogen (secondary N) is 2. The number of hydrogen-bond acceptors (Lipinski definition) is 6. The van der Waals surface area contributed by atoms with Gasteiger partial charge in [0.25, 0.3) is 5.56 Å². The molecule has 2 saturated heterocycles. The smallest absolute Gasteiger partial charge is 0.257 e. The van der Waals surface area contributed by atoms with Gasteiger partial charge < -0.3 is 16.0 Å². The SMILES string of the molecule is NC(=O)C1(N2CCCCC2)CCN(c2nc3c(c(=O)[nH]2)CNCC3)CC1. The van der Waals surface area contributed by atoms with Crippen molar-refractivity contribution in [2.75, 3.05) is 37.6 Å². The number of carbonyl (C=O) groups is 1. The number of fused-ring (bicyclic) bond motifs is 1. The van der Waals surface area contributed by atoms with Crippen LogP contribution in [0.3, 0.4) is 0 Å². The summed E-state index contributed by atoms with van der Waals surface area (Å²) in [7, 11) is 0. The van der Waals surface area contributed by atoms with Gasteiger partial charge in [0, 0.05) is 32.6 Å². The zero-order chi connectivity index (χ0) is 18.1. The zero-order valence-corrected chi connectivity index (χ0v) is 15.2. The molecule has 0 saturated carbocycles. The average Bonchev–Trinajstić information content (AvgIpc) is 2.68. The summed E-state index contributed by atoms with van der Waals surface area (Å²) in [6.07, 6.45) is 5.64. The maximum Gasteiger partial charge on any atom is 0.257 e. The average molecular weight is 360 g/mol. The summed E-state index contributed by atoms with van der Waals surface area (Å²) in [5.74, 6) is 0.421. The molecule has 8 nitrogen and oxygen atoms in total. The van der Waals surface area contributed by atoms with Crippen LogP contribution in [0.5, 0.6) is 0 Å². The molecule has 26 heavy (non-hydrogen) atoms. The lowest BCUT2D eigenvalue weighted by Crippen LogP contribution is -2.63. The fraction of sp³-hybridized carbons (Fsp3) is 0.722. The fourth-order valence-electron chi connectivity index (χ4n) is 4.62. The quantitative estimate of drug-likeness (QED) is 0.685. The van der Waals surface area contributed by atoms with E-state index in [-0.39, 0.29) is 11.5 Å². The van der Waals surface area contributed by atoms with Crippen molar-refractivity contribution in [2.24, 2.45) is 5.73 Å². The van der Waals surface area contributed by atoms with E-state index < -0.39 is 5.54 Å². The number of primary amides is 1. The minimum Gasteiger partial charge on any atom is -0.368 e. The maximum atomic E-state index is 12.4. The van der Waals surface area contributed by atoms with E-state index in [2.05, 4.69) is 20.1 Å². The van der Waals surface area contributed by atoms with Gasteiger partial charge in [-0.1, -0.05) is 6.42 Å². The minimum atomic E-state index is -0.546. The zero-order valence-electron chi connectivity index (χ0n) is 15.2. The molecule has 0 bridgehead atoms. The van der Waals surface area contributed by atoms with Crippen LogP contribution in [-0.2, 0) is 17.8 Å². The molecular weight excluding hydrogens is 332 g/mol. The molecule has 0 radical (unpaired) electrons. The van der Waals surface area contributed by atoms with E-state index in [1.807, 2.05) is 0 Å². The largest absolute Gasteiger partial charge is 0.368 e. The predicted octanol–water partition coefficient (Wildman–Crippen LogP) is -0.274. The van der Waals surface area contributed by atoms with Gasteiger partial charge in [-0.05, 0) is 38.8 Å². The molecule has 3 aliphatic heterocycles. The molecule has 8 heteroatoms. The van der Waals surface area contributed by atoms with E-state index in [0.29, 0.717) is 38.4 Å². The van der Waals surface area contributed by atoms with Crippen molar-refractivity contribution in [3.8, 4) is 0 Å². The summed E-state index contributed by atoms with van der Waals surface area (Å²) in [6, 6.07) is 0. The third-order valence-electron chi connectivity index (χ3n) is 6.24. The number of nitrogens with two attached hydrogens (primary N) is 1. The van der Waals surface area contributed by atoms with E-state index >= 15 is 0 Å². The van der Waals surface area contributed by atoms with Crippen LogP contribution in [0.4, 0.5) is 5.95 Å². The number of carbonyl (C=O) groups excluding carboxylic acids is 1. The summed E-state index contributed by atoms with van der Waals surface area (Å²) in [5, 5.41) is 3.21. The molecular formula is C18H28N6O2. The number of hydrogen-bond donors (Lipinski definition) is 3. The van der Waals surface area contributed by atoms with Crippen LogP contribution in [0, 0.1) is 0 Å². The highest BCUT2D eigenvalue weighted by atomic mass is 16.1. The molecule has 4 heterocycles. The number of aromatic nitrogens is 2. The number of likely N-dealkylation sites (tertiary alicyclic amines) is 1. The first-order valence-electron chi connectivity index (χ1n) is 9.73. The highest BCUT2D eigenvalue weighted by molar-refractivity contribution is 5.85. The third kappa shape index (κ3) is 3.01. The first kappa shape index (κ1) is 17.5. The number of anilines is 1. The molecule has 4 N–H and O–H groups in total. The molecule has 1 aromatic heterocycles. The van der Waals surface area contributed by atoms with Crippen LogP contribution < -0.4 is 21.5 Å². The molecule has 0 aliphatic carbocycles. The summed E-state index contributed by atoms with van der Waals surface area (Å²) < 4.78 is 0. The van der Waals surface area contributed by atoms with Crippen LogP contribution in [0.15, 0.2) is 4.79 Å². The lowest BCUT2D eigenvalue weighted by Gasteiger charge is -2.48. The number of rotatable bonds is 3. The van der Waals surface area contributed by atoms with E-state index in [1.54, 1.807) is 0 Å². The van der Waals surface area contributed by atoms with Gasteiger partial charge in [-0.25, -0.2) is 4.98 Å². The Morgan fingerprint density at radius 2 is 1.85 bits per heavy atom. The van der Waals surface area contributed by atoms with Crippen molar-refractivity contribution in [1.82, 2.24) is 20.2 Å². The Bertz CT molecular complexity index is 732. The van der Waals surface area contributed by atoms with Crippen LogP contribution in [0.2, 0.25) is 0 Å². The Hall–Kier alpha value is -1.93. The highest BCUT2D eigenvalue weighted by Crippen LogP contribution is 2.32. The van der Waals surface area contributed by atoms with Crippen molar-refractivity contribution >= 4 is 11.9 Å². The molecule has 1 amide bonds. The van der Waals surface area contributed by atoms with Gasteiger partial charge in [0.05, 0.1) is 11.3 Å². The molecule has 0 aromatic carbocycles. The molecule has 0 atom stereocenters. The van der Waals surface area contributed by atoms with E-state index in [4.69, 9.17) is 10.7 Å². The lowest BCUT2D eigenvalue weighted by molar-refractivity contribution is -0.132. The second kappa shape index (κ2) is 7.00. The second-order valence-electron chi connectivity index (χ2n) is 7.67. The highest BCUT2D eigenvalue weighted by Gasteiger charge is 2.45. The van der Waals surface area contributed by atoms with Crippen LogP contribution in [0.1, 0.15) is 43.4 Å². The molecule has 1 aromatic rings. The van der Waals surface area contributed by atoms with Crippen LogP contribution >= 0.6 is 0 Å². The van der Waals surface area contributed by atoms with Crippen molar-refractivity contribution in [1.29, 1.82) is 0 Å². The Balaban J connectivity index is 1.53. The van der Waals surface area contributed by atoms with Gasteiger partial charge in [-0.15, -0.1) is 0 Å². The van der Waals surface area contributed by atoms with Crippen molar-refractivity contribution in [2.45, 2.75) is 50.6 Å². The molecule has 4 rings (SSSR count). The van der Waals surface area contributed by atoms with Crippen molar-refractivity contribution < 1.29 is 4.79 Å². The first-order valence-corrected chi connectivity index (χ1v) is 9.73. The second-order valence-corrected chi connectivity index (χ2v) is 7.67. The molecule has 142 valence electrons. The summed E-state index contributed by atoms with van der Waals surface area (Å²) in [4.78, 5) is 36.7. The van der Waals surface area contributed by atoms with E-state index in [1.165, 1.54) is 6.42 Å². The molecule has 3 aliphatic rings. The fourth-order valence-corrected chi connectivity index (χ4v) is 4.62. The van der Waals surface area contributed by atoms with Gasteiger partial charge in [-0.3, -0.25) is 19.5 Å². The Morgan fingerprint density at radius 3 is 2.54 bits per heavy atom. The molecule has 0 spiro atoms. The summed E-state index contributed by atoms with van der Waals surface area (Å²) >= 11 is 0. The van der Waals surface area contributed by atoms with Crippen molar-refractivity contribution in [3.63, 3.8) is 0 Å². The first-order chi connectivity index (χ1) is 12.6. The van der Waals surface area contributed by atoms with Gasteiger partial charge in [0.1, 0.15) is 5.54 Å². The van der Waals surface area contributed by atoms with Crippen LogP contribution in [-0.4, -0.2) is 59.0 Å². The minimum absolute atomic E-state index is 0.0556. The van der Waals surface area contributed by atoms with Gasteiger partial charge >= 0.3 is 0 Å². The topological polar surface area (TPSA) is 107 Å². The Labute approximate surface area is 153 Å². The standard InChI is InChI=1S/C18H28N6O2/c19-16(26)18(24-8-2-1-3-9-24)5-10-23(11-6-18)17-21-14-4-7-20-12-13(14)15(25)22-17/h20H,1-12H2,(H2,19,26)(H,21,22,25). The monoisotopic (exact) mass is 360 g/mol. The van der Waals surface area contributed by atoms with E-state index in [9.17, 15) is 9.59 Å². The number of nitrogens with zero attached hydrogens (tertiary/aromatic N) is 3. The number of aromatic amines is 1. The molecule has 2 fully saturated rings. The normalized spacial score (nSPS) is 23.5.